The number of rotatable bonds is 5. The molecule has 8 heteroatoms. The Kier molecular flexibility index (Phi) is 3.70. The summed E-state index contributed by atoms with van der Waals surface area (Å²) in [5.74, 6) is -7.17. The number of carboxylic acids is 1. The van der Waals surface area contributed by atoms with E-state index in [2.05, 4.69) is 0 Å². The topological polar surface area (TPSA) is 164 Å². The van der Waals surface area contributed by atoms with Crippen molar-refractivity contribution in [3.8, 4) is 0 Å². The Hall–Kier alpha value is -2.29. The number of anilines is 1. The van der Waals surface area contributed by atoms with Crippen molar-refractivity contribution >= 4 is 23.7 Å². The molecule has 0 aliphatic rings. The normalized spacial score (nSPS) is 14.5. The minimum absolute atomic E-state index is 0.112. The van der Waals surface area contributed by atoms with Crippen LogP contribution >= 0.6 is 0 Å². The number of aldehydes is 1. The van der Waals surface area contributed by atoms with E-state index < -0.39 is 29.4 Å². The zero-order valence-electron chi connectivity index (χ0n) is 9.61. The summed E-state index contributed by atoms with van der Waals surface area (Å²) in [6.45, 7) is 0. The van der Waals surface area contributed by atoms with E-state index in [1.165, 1.54) is 18.2 Å². The largest absolute Gasteiger partial charge is 0.479 e. The van der Waals surface area contributed by atoms with Crippen molar-refractivity contribution in [2.24, 2.45) is 5.73 Å². The number of benzene rings is 1. The molecule has 1 unspecified atom stereocenters. The second-order valence-corrected chi connectivity index (χ2v) is 3.88. The van der Waals surface area contributed by atoms with Gasteiger partial charge in [-0.05, 0) is 12.1 Å². The first-order chi connectivity index (χ1) is 8.68. The van der Waals surface area contributed by atoms with E-state index in [4.69, 9.17) is 16.6 Å². The quantitative estimate of drug-likeness (QED) is 0.136. The number of Topliss-reactive ketones (excluding diaryl/α,β-unsaturated/α-hetero) is 1. The van der Waals surface area contributed by atoms with Gasteiger partial charge in [-0.1, -0.05) is 12.1 Å². The molecule has 0 fully saturated rings. The van der Waals surface area contributed by atoms with Gasteiger partial charge in [0.2, 0.25) is 11.3 Å². The Morgan fingerprint density at radius 2 is 1.74 bits per heavy atom. The average Bonchev–Trinajstić information content (AvgIpc) is 2.36. The Labute approximate surface area is 107 Å². The fourth-order valence-electron chi connectivity index (χ4n) is 1.36. The molecule has 8 nitrogen and oxygen atoms in total. The number of ketones is 1. The monoisotopic (exact) mass is 268 g/mol. The summed E-state index contributed by atoms with van der Waals surface area (Å²) in [5, 5.41) is 28.1. The molecule has 19 heavy (non-hydrogen) atoms. The van der Waals surface area contributed by atoms with E-state index in [-0.39, 0.29) is 11.3 Å². The third-order valence-corrected chi connectivity index (χ3v) is 2.64. The van der Waals surface area contributed by atoms with Crippen molar-refractivity contribution in [2.45, 2.75) is 11.3 Å². The minimum Gasteiger partial charge on any atom is -0.479 e. The van der Waals surface area contributed by atoms with Gasteiger partial charge >= 0.3 is 5.97 Å². The number of hydrogen-bond donors (Lipinski definition) is 5. The summed E-state index contributed by atoms with van der Waals surface area (Å²) in [5.41, 5.74) is 6.87. The predicted octanol–water partition coefficient (Wildman–Crippen LogP) is -1.89. The van der Waals surface area contributed by atoms with Crippen LogP contribution in [0.25, 0.3) is 0 Å². The number of nitrogen functional groups attached to an aromatic ring is 1. The van der Waals surface area contributed by atoms with Crippen LogP contribution in [0.15, 0.2) is 24.3 Å². The number of nitrogens with two attached hydrogens (primary N) is 2. The smallest absolute Gasteiger partial charge is 0.337 e. The SMILES string of the molecule is Nc1ccccc1C(=O)C(O)(O)C(N)(C=O)C(=O)O. The third-order valence-electron chi connectivity index (χ3n) is 2.64. The zero-order valence-corrected chi connectivity index (χ0v) is 9.61. The van der Waals surface area contributed by atoms with Crippen molar-refractivity contribution in [1.82, 2.24) is 0 Å². The highest BCUT2D eigenvalue weighted by Crippen LogP contribution is 2.24. The lowest BCUT2D eigenvalue weighted by molar-refractivity contribution is -0.188. The molecule has 0 saturated heterocycles. The van der Waals surface area contributed by atoms with Crippen LogP contribution in [0.1, 0.15) is 10.4 Å². The molecule has 0 heterocycles. The van der Waals surface area contributed by atoms with Crippen molar-refractivity contribution in [2.75, 3.05) is 5.73 Å². The van der Waals surface area contributed by atoms with Crippen LogP contribution < -0.4 is 11.5 Å². The van der Waals surface area contributed by atoms with Crippen molar-refractivity contribution in [1.29, 1.82) is 0 Å². The highest BCUT2D eigenvalue weighted by Gasteiger charge is 2.58. The highest BCUT2D eigenvalue weighted by molar-refractivity contribution is 6.13. The number of carboxylic acid groups (broad SMARTS) is 1. The van der Waals surface area contributed by atoms with E-state index in [1.807, 2.05) is 0 Å². The molecule has 1 atom stereocenters. The average molecular weight is 268 g/mol. The van der Waals surface area contributed by atoms with Gasteiger partial charge in [-0.15, -0.1) is 0 Å². The van der Waals surface area contributed by atoms with Crippen LogP contribution in [-0.4, -0.2) is 44.7 Å². The molecule has 0 saturated carbocycles. The van der Waals surface area contributed by atoms with Gasteiger partial charge in [-0.25, -0.2) is 4.79 Å². The van der Waals surface area contributed by atoms with Gasteiger partial charge in [-0.2, -0.15) is 0 Å². The van der Waals surface area contributed by atoms with Crippen molar-refractivity contribution < 1.29 is 29.7 Å². The maximum absolute atomic E-state index is 11.9. The molecule has 7 N–H and O–H groups in total. The number of aliphatic carboxylic acids is 1. The lowest BCUT2D eigenvalue weighted by Gasteiger charge is -2.31. The second-order valence-electron chi connectivity index (χ2n) is 3.88. The summed E-state index contributed by atoms with van der Waals surface area (Å²) in [7, 11) is 0. The molecular weight excluding hydrogens is 256 g/mol. The third kappa shape index (κ3) is 2.19. The first kappa shape index (κ1) is 14.8. The molecule has 0 aliphatic carbocycles. The van der Waals surface area contributed by atoms with E-state index in [0.717, 1.165) is 6.07 Å². The summed E-state index contributed by atoms with van der Waals surface area (Å²) >= 11 is 0. The maximum Gasteiger partial charge on any atom is 0.337 e. The van der Waals surface area contributed by atoms with Gasteiger partial charge in [0.1, 0.15) is 0 Å². The molecule has 0 radical (unpaired) electrons. The van der Waals surface area contributed by atoms with E-state index in [0.29, 0.717) is 0 Å². The number of para-hydroxylation sites is 1. The number of hydrogen-bond acceptors (Lipinski definition) is 7. The van der Waals surface area contributed by atoms with E-state index in [9.17, 15) is 24.6 Å². The van der Waals surface area contributed by atoms with Crippen LogP contribution in [0.2, 0.25) is 0 Å². The van der Waals surface area contributed by atoms with Gasteiger partial charge in [-0.3, -0.25) is 4.79 Å². The summed E-state index contributed by atoms with van der Waals surface area (Å²) in [6.07, 6.45) is -0.424. The molecule has 0 aliphatic heterocycles. The Morgan fingerprint density at radius 1 is 1.21 bits per heavy atom. The Bertz CT molecular complexity index is 542. The van der Waals surface area contributed by atoms with E-state index in [1.54, 1.807) is 0 Å². The van der Waals surface area contributed by atoms with Gasteiger partial charge in [0.15, 0.2) is 6.29 Å². The summed E-state index contributed by atoms with van der Waals surface area (Å²) < 4.78 is 0. The molecular formula is C11H12N2O6. The first-order valence-electron chi connectivity index (χ1n) is 5.01. The second kappa shape index (κ2) is 4.76. The van der Waals surface area contributed by atoms with Crippen LogP contribution in [0.5, 0.6) is 0 Å². The van der Waals surface area contributed by atoms with Gasteiger partial charge in [0.05, 0.1) is 0 Å². The highest BCUT2D eigenvalue weighted by atomic mass is 16.5. The number of carbonyl (C=O) groups excluding carboxylic acids is 2. The minimum atomic E-state index is -3.63. The van der Waals surface area contributed by atoms with Gasteiger partial charge < -0.3 is 31.6 Å². The first-order valence-corrected chi connectivity index (χ1v) is 5.01. The van der Waals surface area contributed by atoms with Crippen LogP contribution in [0.4, 0.5) is 5.69 Å². The molecule has 102 valence electrons. The van der Waals surface area contributed by atoms with Gasteiger partial charge in [0.25, 0.3) is 5.79 Å². The van der Waals surface area contributed by atoms with Crippen LogP contribution in [0.3, 0.4) is 0 Å². The zero-order chi connectivity index (χ0) is 14.8. The Morgan fingerprint density at radius 3 is 2.16 bits per heavy atom. The van der Waals surface area contributed by atoms with Crippen molar-refractivity contribution in [3.63, 3.8) is 0 Å². The number of carbonyl (C=O) groups is 3. The van der Waals surface area contributed by atoms with Crippen molar-refractivity contribution in [3.05, 3.63) is 29.8 Å². The maximum atomic E-state index is 11.9. The lowest BCUT2D eigenvalue weighted by Crippen LogP contribution is -2.70. The molecule has 1 rings (SSSR count). The summed E-state index contributed by atoms with van der Waals surface area (Å²) in [6, 6.07) is 5.30. The molecule has 0 amide bonds. The van der Waals surface area contributed by atoms with Crippen LogP contribution in [0, 0.1) is 0 Å². The standard InChI is InChI=1S/C11H12N2O6/c12-7-4-2-1-3-6(7)8(15)11(18,19)10(13,5-14)9(16)17/h1-5,18-19H,12-13H2,(H,16,17). The molecule has 0 aromatic heterocycles. The lowest BCUT2D eigenvalue weighted by atomic mass is 9.85. The molecule has 0 bridgehead atoms. The van der Waals surface area contributed by atoms with Crippen LogP contribution in [-0.2, 0) is 9.59 Å². The molecule has 0 spiro atoms. The summed E-state index contributed by atoms with van der Waals surface area (Å²) in [4.78, 5) is 33.5. The molecule has 1 aromatic rings. The predicted molar refractivity (Wildman–Crippen MR) is 63.0 cm³/mol. The van der Waals surface area contributed by atoms with Gasteiger partial charge in [0, 0.05) is 11.3 Å². The number of aliphatic hydroxyl groups is 2. The van der Waals surface area contributed by atoms with E-state index >= 15 is 0 Å². The fourth-order valence-corrected chi connectivity index (χ4v) is 1.36. The fraction of sp³-hybridized carbons (Fsp3) is 0.182. The molecule has 1 aromatic carbocycles. The Balaban J connectivity index is 3.35.